The molecule has 27 heavy (non-hydrogen) atoms. The monoisotopic (exact) mass is 383 g/mol. The van der Waals surface area contributed by atoms with E-state index in [9.17, 15) is 5.11 Å². The van der Waals surface area contributed by atoms with E-state index in [4.69, 9.17) is 16.3 Å². The maximum absolute atomic E-state index is 9.74. The van der Waals surface area contributed by atoms with E-state index in [0.717, 1.165) is 54.1 Å². The number of hydrogen-bond donors (Lipinski definition) is 2. The van der Waals surface area contributed by atoms with E-state index < -0.39 is 0 Å². The molecular formula is C21H22ClN3O2. The van der Waals surface area contributed by atoms with E-state index in [2.05, 4.69) is 21.1 Å². The molecule has 1 unspecified atom stereocenters. The highest BCUT2D eigenvalue weighted by molar-refractivity contribution is 6.30. The zero-order valence-corrected chi connectivity index (χ0v) is 15.7. The van der Waals surface area contributed by atoms with Crippen LogP contribution in [0.25, 0.3) is 10.9 Å². The molecule has 1 saturated heterocycles. The van der Waals surface area contributed by atoms with Gasteiger partial charge in [0.2, 0.25) is 0 Å². The zero-order chi connectivity index (χ0) is 18.4. The molecule has 4 heterocycles. The smallest absolute Gasteiger partial charge is 0.107 e. The van der Waals surface area contributed by atoms with Crippen LogP contribution in [0.5, 0.6) is 0 Å². The fourth-order valence-corrected chi connectivity index (χ4v) is 4.76. The minimum Gasteiger partial charge on any atom is -0.393 e. The summed E-state index contributed by atoms with van der Waals surface area (Å²) in [5.41, 5.74) is 4.31. The van der Waals surface area contributed by atoms with Crippen molar-refractivity contribution in [3.8, 4) is 0 Å². The number of piperidine rings is 1. The Hall–Kier alpha value is -1.92. The van der Waals surface area contributed by atoms with Crippen LogP contribution in [0.2, 0.25) is 5.02 Å². The highest BCUT2D eigenvalue weighted by Gasteiger charge is 2.46. The molecule has 5 rings (SSSR count). The lowest BCUT2D eigenvalue weighted by molar-refractivity contribution is -0.122. The molecule has 2 aromatic heterocycles. The number of aliphatic hydroxyl groups is 1. The van der Waals surface area contributed by atoms with Crippen LogP contribution in [-0.2, 0) is 16.9 Å². The number of hydrogen-bond acceptors (Lipinski definition) is 4. The predicted molar refractivity (Wildman–Crippen MR) is 105 cm³/mol. The Kier molecular flexibility index (Phi) is 4.20. The van der Waals surface area contributed by atoms with Crippen LogP contribution in [0.4, 0.5) is 0 Å². The van der Waals surface area contributed by atoms with Gasteiger partial charge in [-0.25, -0.2) is 0 Å². The Labute approximate surface area is 162 Å². The van der Waals surface area contributed by atoms with Gasteiger partial charge in [-0.15, -0.1) is 0 Å². The molecule has 140 valence electrons. The molecule has 0 saturated carbocycles. The van der Waals surface area contributed by atoms with E-state index in [-0.39, 0.29) is 18.3 Å². The summed E-state index contributed by atoms with van der Waals surface area (Å²) >= 11 is 6.26. The second-order valence-electron chi connectivity index (χ2n) is 7.53. The topological polar surface area (TPSA) is 61.4 Å². The third-order valence-electron chi connectivity index (χ3n) is 6.01. The average Bonchev–Trinajstić information content (AvgIpc) is 3.23. The van der Waals surface area contributed by atoms with Gasteiger partial charge >= 0.3 is 0 Å². The zero-order valence-electron chi connectivity index (χ0n) is 15.0. The van der Waals surface area contributed by atoms with Crippen molar-refractivity contribution in [3.05, 3.63) is 64.6 Å². The first-order valence-electron chi connectivity index (χ1n) is 9.39. The fraction of sp³-hybridized carbons (Fsp3) is 0.381. The number of aromatic amines is 1. The van der Waals surface area contributed by atoms with Crippen molar-refractivity contribution in [2.45, 2.75) is 31.1 Å². The largest absolute Gasteiger partial charge is 0.393 e. The van der Waals surface area contributed by atoms with Gasteiger partial charge in [0.05, 0.1) is 12.2 Å². The summed E-state index contributed by atoms with van der Waals surface area (Å²) in [5, 5.41) is 11.7. The summed E-state index contributed by atoms with van der Waals surface area (Å²) in [5.74, 6) is 0. The lowest BCUT2D eigenvalue weighted by Gasteiger charge is -2.39. The first-order chi connectivity index (χ1) is 13.2. The Morgan fingerprint density at radius 1 is 1.30 bits per heavy atom. The average molecular weight is 384 g/mol. The molecule has 3 aromatic rings. The Balaban J connectivity index is 1.35. The Morgan fingerprint density at radius 3 is 2.96 bits per heavy atom. The van der Waals surface area contributed by atoms with Crippen molar-refractivity contribution in [1.82, 2.24) is 14.9 Å². The highest BCUT2D eigenvalue weighted by atomic mass is 35.5. The number of halogens is 1. The molecule has 6 heteroatoms. The number of rotatable bonds is 3. The first-order valence-corrected chi connectivity index (χ1v) is 9.77. The third kappa shape index (κ3) is 2.86. The molecule has 0 amide bonds. The number of ether oxygens (including phenoxy) is 1. The molecule has 0 aliphatic carbocycles. The van der Waals surface area contributed by atoms with Gasteiger partial charge in [0.25, 0.3) is 0 Å². The number of likely N-dealkylation sites (tertiary alicyclic amines) is 1. The maximum Gasteiger partial charge on any atom is 0.107 e. The molecule has 2 aliphatic rings. The van der Waals surface area contributed by atoms with E-state index in [1.54, 1.807) is 0 Å². The number of aromatic nitrogens is 2. The third-order valence-corrected chi connectivity index (χ3v) is 6.25. The Bertz CT molecular complexity index is 978. The molecule has 2 aliphatic heterocycles. The van der Waals surface area contributed by atoms with Gasteiger partial charge in [-0.2, -0.15) is 0 Å². The Morgan fingerprint density at radius 2 is 2.15 bits per heavy atom. The van der Waals surface area contributed by atoms with Gasteiger partial charge in [-0.3, -0.25) is 9.88 Å². The lowest BCUT2D eigenvalue weighted by Crippen LogP contribution is -2.42. The molecule has 1 spiro atoms. The van der Waals surface area contributed by atoms with E-state index in [1.165, 1.54) is 10.9 Å². The van der Waals surface area contributed by atoms with Crippen molar-refractivity contribution in [2.75, 3.05) is 19.7 Å². The van der Waals surface area contributed by atoms with E-state index in [1.807, 2.05) is 36.7 Å². The SMILES string of the molecule is OCC1OC2(CCN(Cc3c[nH]c4ccncc34)CC2)c2cc(Cl)ccc21. The maximum atomic E-state index is 9.74. The van der Waals surface area contributed by atoms with E-state index in [0.29, 0.717) is 0 Å². The van der Waals surface area contributed by atoms with E-state index >= 15 is 0 Å². The molecule has 0 bridgehead atoms. The minimum atomic E-state index is -0.327. The van der Waals surface area contributed by atoms with Gasteiger partial charge in [0.15, 0.2) is 0 Å². The quantitative estimate of drug-likeness (QED) is 0.722. The molecule has 1 aromatic carbocycles. The minimum absolute atomic E-state index is 0.00242. The summed E-state index contributed by atoms with van der Waals surface area (Å²) in [7, 11) is 0. The van der Waals surface area contributed by atoms with Gasteiger partial charge in [-0.05, 0) is 47.7 Å². The van der Waals surface area contributed by atoms with Gasteiger partial charge in [-0.1, -0.05) is 17.7 Å². The molecule has 5 nitrogen and oxygen atoms in total. The second-order valence-corrected chi connectivity index (χ2v) is 7.96. The molecule has 1 fully saturated rings. The van der Waals surface area contributed by atoms with Crippen LogP contribution < -0.4 is 0 Å². The van der Waals surface area contributed by atoms with Gasteiger partial charge in [0, 0.05) is 54.2 Å². The summed E-state index contributed by atoms with van der Waals surface area (Å²) < 4.78 is 6.37. The van der Waals surface area contributed by atoms with Crippen LogP contribution in [0, 0.1) is 0 Å². The number of pyridine rings is 1. The number of fused-ring (bicyclic) bond motifs is 3. The molecule has 2 N–H and O–H groups in total. The van der Waals surface area contributed by atoms with Crippen LogP contribution in [0.3, 0.4) is 0 Å². The van der Waals surface area contributed by atoms with Crippen molar-refractivity contribution in [3.63, 3.8) is 0 Å². The van der Waals surface area contributed by atoms with Crippen molar-refractivity contribution in [2.24, 2.45) is 0 Å². The first kappa shape index (κ1) is 17.2. The molecule has 1 atom stereocenters. The summed E-state index contributed by atoms with van der Waals surface area (Å²) in [6, 6.07) is 7.91. The van der Waals surface area contributed by atoms with Gasteiger partial charge in [0.1, 0.15) is 6.10 Å². The number of nitrogens with zero attached hydrogens (tertiary/aromatic N) is 2. The number of H-pyrrole nitrogens is 1. The number of benzene rings is 1. The van der Waals surface area contributed by atoms with Crippen LogP contribution in [0.15, 0.2) is 42.9 Å². The summed E-state index contributed by atoms with van der Waals surface area (Å²) in [6.45, 7) is 2.78. The van der Waals surface area contributed by atoms with Crippen molar-refractivity contribution in [1.29, 1.82) is 0 Å². The highest BCUT2D eigenvalue weighted by Crippen LogP contribution is 2.50. The predicted octanol–water partition coefficient (Wildman–Crippen LogP) is 3.77. The number of nitrogens with one attached hydrogen (secondary N) is 1. The van der Waals surface area contributed by atoms with Gasteiger partial charge < -0.3 is 14.8 Å². The van der Waals surface area contributed by atoms with Crippen molar-refractivity contribution < 1.29 is 9.84 Å². The molecule has 0 radical (unpaired) electrons. The normalized spacial score (nSPS) is 21.8. The lowest BCUT2D eigenvalue weighted by atomic mass is 9.83. The number of aliphatic hydroxyl groups excluding tert-OH is 1. The standard InChI is InChI=1S/C21H22ClN3O2/c22-15-1-2-16-18(9-15)21(27-20(16)13-26)4-7-25(8-5-21)12-14-10-24-19-3-6-23-11-17(14)19/h1-3,6,9-11,20,24,26H,4-5,7-8,12-13H2. The van der Waals surface area contributed by atoms with Crippen molar-refractivity contribution >= 4 is 22.5 Å². The van der Waals surface area contributed by atoms with Crippen LogP contribution >= 0.6 is 11.6 Å². The molecular weight excluding hydrogens is 362 g/mol. The summed E-state index contributed by atoms with van der Waals surface area (Å²) in [4.78, 5) is 10.0. The summed E-state index contributed by atoms with van der Waals surface area (Å²) in [6.07, 6.45) is 7.37. The second kappa shape index (κ2) is 6.60. The van der Waals surface area contributed by atoms with Crippen LogP contribution in [0.1, 0.15) is 35.6 Å². The fourth-order valence-electron chi connectivity index (χ4n) is 4.59. The van der Waals surface area contributed by atoms with Crippen LogP contribution in [-0.4, -0.2) is 39.7 Å².